The van der Waals surface area contributed by atoms with Crippen LogP contribution in [0.5, 0.6) is 0 Å². The standard InChI is InChI=1S/C22H31IN2O4/c1-25(16-4-2-5-16)21(26)20(24)15-10-8-14(9-11-15)12-29-13-18-17(22(27)28)6-3-7-19(18)23/h3,6-7,14-16,20H,2,4-5,8-13,24H2,1H3,(H,27,28)/t14?,15?,20-/m0/s1. The fraction of sp³-hybridized carbons (Fsp3) is 0.636. The Morgan fingerprint density at radius 2 is 1.93 bits per heavy atom. The van der Waals surface area contributed by atoms with Crippen LogP contribution in [0.4, 0.5) is 0 Å². The molecule has 2 fully saturated rings. The van der Waals surface area contributed by atoms with Crippen LogP contribution in [0.3, 0.4) is 0 Å². The molecular weight excluding hydrogens is 483 g/mol. The number of amides is 1. The van der Waals surface area contributed by atoms with Gasteiger partial charge in [-0.25, -0.2) is 4.79 Å². The summed E-state index contributed by atoms with van der Waals surface area (Å²) in [4.78, 5) is 25.9. The van der Waals surface area contributed by atoms with E-state index in [4.69, 9.17) is 10.5 Å². The molecule has 7 heteroatoms. The van der Waals surface area contributed by atoms with E-state index in [1.807, 2.05) is 18.0 Å². The highest BCUT2D eigenvalue weighted by Crippen LogP contribution is 2.32. The van der Waals surface area contributed by atoms with Crippen LogP contribution in [-0.2, 0) is 16.1 Å². The van der Waals surface area contributed by atoms with E-state index in [1.54, 1.807) is 12.1 Å². The summed E-state index contributed by atoms with van der Waals surface area (Å²) in [5, 5.41) is 9.36. The third-order valence-corrected chi connectivity index (χ3v) is 7.61. The van der Waals surface area contributed by atoms with Crippen molar-refractivity contribution in [2.45, 2.75) is 63.6 Å². The predicted octanol–water partition coefficient (Wildman–Crippen LogP) is 3.65. The van der Waals surface area contributed by atoms with E-state index < -0.39 is 12.0 Å². The summed E-state index contributed by atoms with van der Waals surface area (Å²) in [6, 6.07) is 5.26. The molecule has 2 aliphatic rings. The lowest BCUT2D eigenvalue weighted by atomic mass is 9.78. The summed E-state index contributed by atoms with van der Waals surface area (Å²) in [6.07, 6.45) is 7.29. The number of likely N-dealkylation sites (N-methyl/N-ethyl adjacent to an activating group) is 1. The summed E-state index contributed by atoms with van der Waals surface area (Å²) in [5.41, 5.74) is 7.36. The molecule has 1 aromatic carbocycles. The first-order valence-electron chi connectivity index (χ1n) is 10.5. The van der Waals surface area contributed by atoms with Crippen LogP contribution in [0.15, 0.2) is 18.2 Å². The molecule has 0 bridgehead atoms. The predicted molar refractivity (Wildman–Crippen MR) is 120 cm³/mol. The molecule has 1 amide bonds. The molecule has 2 aliphatic carbocycles. The number of carboxylic acids is 1. The van der Waals surface area contributed by atoms with Gasteiger partial charge < -0.3 is 20.5 Å². The fourth-order valence-electron chi connectivity index (χ4n) is 4.34. The molecule has 0 aromatic heterocycles. The smallest absolute Gasteiger partial charge is 0.336 e. The minimum absolute atomic E-state index is 0.0919. The second-order valence-corrected chi connectivity index (χ2v) is 9.59. The van der Waals surface area contributed by atoms with E-state index >= 15 is 0 Å². The molecule has 1 aromatic rings. The number of carbonyl (C=O) groups is 2. The summed E-state index contributed by atoms with van der Waals surface area (Å²) >= 11 is 2.15. The van der Waals surface area contributed by atoms with Gasteiger partial charge in [0.05, 0.1) is 18.2 Å². The van der Waals surface area contributed by atoms with Crippen LogP contribution in [0.2, 0.25) is 0 Å². The van der Waals surface area contributed by atoms with E-state index in [1.165, 1.54) is 6.42 Å². The SMILES string of the molecule is CN(C(=O)[C@@H](N)C1CCC(COCc2c(I)cccc2C(=O)O)CC1)C1CCC1. The third-order valence-electron chi connectivity index (χ3n) is 6.60. The average molecular weight is 514 g/mol. The van der Waals surface area contributed by atoms with Gasteiger partial charge in [-0.3, -0.25) is 4.79 Å². The third kappa shape index (κ3) is 5.49. The maximum atomic E-state index is 12.6. The molecule has 2 saturated carbocycles. The number of rotatable bonds is 8. The Morgan fingerprint density at radius 3 is 2.52 bits per heavy atom. The number of benzene rings is 1. The van der Waals surface area contributed by atoms with Gasteiger partial charge in [0.1, 0.15) is 0 Å². The summed E-state index contributed by atoms with van der Waals surface area (Å²) in [7, 11) is 1.89. The van der Waals surface area contributed by atoms with Crippen molar-refractivity contribution in [1.29, 1.82) is 0 Å². The minimum Gasteiger partial charge on any atom is -0.478 e. The number of nitrogens with two attached hydrogens (primary N) is 1. The van der Waals surface area contributed by atoms with Crippen molar-refractivity contribution in [2.24, 2.45) is 17.6 Å². The molecule has 0 aliphatic heterocycles. The first-order valence-corrected chi connectivity index (χ1v) is 11.6. The number of aromatic carboxylic acids is 1. The van der Waals surface area contributed by atoms with Crippen molar-refractivity contribution in [1.82, 2.24) is 4.90 Å². The highest BCUT2D eigenvalue weighted by Gasteiger charge is 2.34. The fourth-order valence-corrected chi connectivity index (χ4v) is 4.99. The molecular formula is C22H31IN2O4. The Kier molecular flexibility index (Phi) is 7.92. The highest BCUT2D eigenvalue weighted by molar-refractivity contribution is 14.1. The second kappa shape index (κ2) is 10.2. The number of carbonyl (C=O) groups excluding carboxylic acids is 1. The number of carboxylic acid groups (broad SMARTS) is 1. The number of hydrogen-bond acceptors (Lipinski definition) is 4. The van der Waals surface area contributed by atoms with Gasteiger partial charge >= 0.3 is 5.97 Å². The molecule has 3 rings (SSSR count). The quantitative estimate of drug-likeness (QED) is 0.517. The van der Waals surface area contributed by atoms with Gasteiger partial charge in [0.2, 0.25) is 5.91 Å². The van der Waals surface area contributed by atoms with Crippen LogP contribution in [0, 0.1) is 15.4 Å². The summed E-state index contributed by atoms with van der Waals surface area (Å²) < 4.78 is 6.80. The van der Waals surface area contributed by atoms with Crippen molar-refractivity contribution in [3.05, 3.63) is 32.9 Å². The largest absolute Gasteiger partial charge is 0.478 e. The van der Waals surface area contributed by atoms with E-state index in [0.29, 0.717) is 30.7 Å². The molecule has 0 heterocycles. The molecule has 1 atom stereocenters. The Hall–Kier alpha value is -1.19. The Labute approximate surface area is 186 Å². The van der Waals surface area contributed by atoms with Crippen LogP contribution in [0.25, 0.3) is 0 Å². The van der Waals surface area contributed by atoms with Gasteiger partial charge in [-0.1, -0.05) is 6.07 Å². The first-order chi connectivity index (χ1) is 13.9. The maximum Gasteiger partial charge on any atom is 0.336 e. The number of hydrogen-bond donors (Lipinski definition) is 2. The Morgan fingerprint density at radius 1 is 1.24 bits per heavy atom. The average Bonchev–Trinajstić information content (AvgIpc) is 2.67. The van der Waals surface area contributed by atoms with Gasteiger partial charge in [0.15, 0.2) is 0 Å². The van der Waals surface area contributed by atoms with E-state index in [-0.39, 0.29) is 11.8 Å². The highest BCUT2D eigenvalue weighted by atomic mass is 127. The second-order valence-electron chi connectivity index (χ2n) is 8.43. The van der Waals surface area contributed by atoms with Crippen molar-refractivity contribution >= 4 is 34.5 Å². The van der Waals surface area contributed by atoms with Gasteiger partial charge in [-0.05, 0) is 91.5 Å². The zero-order valence-corrected chi connectivity index (χ0v) is 19.1. The number of ether oxygens (including phenoxy) is 1. The van der Waals surface area contributed by atoms with E-state index in [0.717, 1.165) is 47.7 Å². The van der Waals surface area contributed by atoms with Crippen molar-refractivity contribution in [3.8, 4) is 0 Å². The van der Waals surface area contributed by atoms with Gasteiger partial charge in [0, 0.05) is 28.8 Å². The van der Waals surface area contributed by atoms with Crippen molar-refractivity contribution < 1.29 is 19.4 Å². The van der Waals surface area contributed by atoms with Crippen LogP contribution in [-0.4, -0.2) is 47.6 Å². The van der Waals surface area contributed by atoms with Crippen LogP contribution < -0.4 is 5.73 Å². The van der Waals surface area contributed by atoms with Crippen molar-refractivity contribution in [2.75, 3.05) is 13.7 Å². The molecule has 0 unspecified atom stereocenters. The minimum atomic E-state index is -0.923. The van der Waals surface area contributed by atoms with Crippen LogP contribution in [0.1, 0.15) is 60.9 Å². The van der Waals surface area contributed by atoms with Crippen molar-refractivity contribution in [3.63, 3.8) is 0 Å². The van der Waals surface area contributed by atoms with Crippen LogP contribution >= 0.6 is 22.6 Å². The number of halogens is 1. The maximum absolute atomic E-state index is 12.6. The normalized spacial score (nSPS) is 23.3. The zero-order valence-electron chi connectivity index (χ0n) is 17.0. The van der Waals surface area contributed by atoms with Gasteiger partial charge in [-0.15, -0.1) is 0 Å². The lowest BCUT2D eigenvalue weighted by molar-refractivity contribution is -0.136. The zero-order chi connectivity index (χ0) is 21.0. The van der Waals surface area contributed by atoms with E-state index in [9.17, 15) is 14.7 Å². The molecule has 0 radical (unpaired) electrons. The molecule has 0 spiro atoms. The lowest BCUT2D eigenvalue weighted by Crippen LogP contribution is -2.52. The van der Waals surface area contributed by atoms with E-state index in [2.05, 4.69) is 22.6 Å². The molecule has 6 nitrogen and oxygen atoms in total. The molecule has 29 heavy (non-hydrogen) atoms. The summed E-state index contributed by atoms with van der Waals surface area (Å²) in [5.74, 6) is -0.148. The Bertz CT molecular complexity index is 730. The van der Waals surface area contributed by atoms with Gasteiger partial charge in [-0.2, -0.15) is 0 Å². The number of nitrogens with zero attached hydrogens (tertiary/aromatic N) is 1. The Balaban J connectivity index is 1.43. The molecule has 3 N–H and O–H groups in total. The molecule has 0 saturated heterocycles. The lowest BCUT2D eigenvalue weighted by Gasteiger charge is -2.38. The summed E-state index contributed by atoms with van der Waals surface area (Å²) in [6.45, 7) is 0.923. The molecule has 160 valence electrons. The monoisotopic (exact) mass is 514 g/mol. The topological polar surface area (TPSA) is 92.9 Å². The first kappa shape index (κ1) is 22.5. The van der Waals surface area contributed by atoms with Gasteiger partial charge in [0.25, 0.3) is 0 Å².